The molecule has 0 bridgehead atoms. The number of nitrogens with zero attached hydrogens (tertiary/aromatic N) is 1. The molecule has 10 N–H and O–H groups in total. The van der Waals surface area contributed by atoms with Gasteiger partial charge < -0.3 is 38.3 Å². The van der Waals surface area contributed by atoms with Gasteiger partial charge in [0.25, 0.3) is 0 Å². The number of guanidine groups is 1. The van der Waals surface area contributed by atoms with E-state index in [1.807, 2.05) is 0 Å². The predicted molar refractivity (Wildman–Crippen MR) is 103 cm³/mol. The van der Waals surface area contributed by atoms with Crippen LogP contribution in [0.15, 0.2) is 4.99 Å². The molecule has 0 aliphatic carbocycles. The Bertz CT molecular complexity index is 590. The Kier molecular flexibility index (Phi) is 11.2. The lowest BCUT2D eigenvalue weighted by molar-refractivity contribution is -0.142. The van der Waals surface area contributed by atoms with Crippen molar-refractivity contribution in [1.29, 1.82) is 0 Å². The minimum Gasteiger partial charge on any atom is -0.480 e. The number of carbonyl (C=O) groups excluding carboxylic acids is 3. The van der Waals surface area contributed by atoms with Gasteiger partial charge in [-0.2, -0.15) is 0 Å². The molecule has 3 atom stereocenters. The van der Waals surface area contributed by atoms with Crippen LogP contribution in [0.5, 0.6) is 0 Å². The first-order valence-corrected chi connectivity index (χ1v) is 8.87. The number of aliphatic carboxylic acids is 1. The molecular formula is C16H31N7O5. The quantitative estimate of drug-likeness (QED) is 0.103. The maximum Gasteiger partial charge on any atom is 0.325 e. The normalized spacial score (nSPS) is 13.8. The molecule has 3 unspecified atom stereocenters. The van der Waals surface area contributed by atoms with Crippen LogP contribution in [0.2, 0.25) is 0 Å². The smallest absolute Gasteiger partial charge is 0.325 e. The van der Waals surface area contributed by atoms with Crippen LogP contribution >= 0.6 is 0 Å². The maximum absolute atomic E-state index is 12.6. The SMILES string of the molecule is CC(NC(=O)C(NC(=O)C(CCCN=C(N)N)NC(=O)CN)C(C)C)C(=O)O. The second-order valence-electron chi connectivity index (χ2n) is 6.57. The summed E-state index contributed by atoms with van der Waals surface area (Å²) in [7, 11) is 0. The van der Waals surface area contributed by atoms with Crippen molar-refractivity contribution in [3.8, 4) is 0 Å². The minimum absolute atomic E-state index is 0.0870. The topological polar surface area (TPSA) is 215 Å². The van der Waals surface area contributed by atoms with E-state index in [2.05, 4.69) is 20.9 Å². The number of amides is 3. The Morgan fingerprint density at radius 2 is 1.61 bits per heavy atom. The van der Waals surface area contributed by atoms with Gasteiger partial charge in [0.2, 0.25) is 17.7 Å². The lowest BCUT2D eigenvalue weighted by Crippen LogP contribution is -2.57. The van der Waals surface area contributed by atoms with E-state index in [4.69, 9.17) is 22.3 Å². The molecule has 0 radical (unpaired) electrons. The monoisotopic (exact) mass is 401 g/mol. The van der Waals surface area contributed by atoms with Crippen molar-refractivity contribution in [3.05, 3.63) is 0 Å². The molecule has 0 heterocycles. The number of aliphatic imine (C=N–C) groups is 1. The minimum atomic E-state index is -1.20. The van der Waals surface area contributed by atoms with E-state index in [1.54, 1.807) is 13.8 Å². The van der Waals surface area contributed by atoms with Gasteiger partial charge in [-0.3, -0.25) is 24.2 Å². The highest BCUT2D eigenvalue weighted by atomic mass is 16.4. The van der Waals surface area contributed by atoms with Gasteiger partial charge in [0.1, 0.15) is 18.1 Å². The molecule has 0 saturated heterocycles. The molecular weight excluding hydrogens is 370 g/mol. The first-order chi connectivity index (χ1) is 13.0. The van der Waals surface area contributed by atoms with E-state index >= 15 is 0 Å². The molecule has 0 fully saturated rings. The number of rotatable bonds is 12. The number of hydrogen-bond donors (Lipinski definition) is 7. The van der Waals surface area contributed by atoms with E-state index in [-0.39, 0.29) is 31.4 Å². The van der Waals surface area contributed by atoms with Gasteiger partial charge in [-0.15, -0.1) is 0 Å². The van der Waals surface area contributed by atoms with E-state index in [0.717, 1.165) is 0 Å². The van der Waals surface area contributed by atoms with Gasteiger partial charge in [0.05, 0.1) is 6.54 Å². The summed E-state index contributed by atoms with van der Waals surface area (Å²) >= 11 is 0. The van der Waals surface area contributed by atoms with Gasteiger partial charge in [0.15, 0.2) is 5.96 Å². The van der Waals surface area contributed by atoms with Crippen molar-refractivity contribution in [2.75, 3.05) is 13.1 Å². The van der Waals surface area contributed by atoms with Crippen LogP contribution in [-0.4, -0.2) is 66.0 Å². The van der Waals surface area contributed by atoms with Crippen LogP contribution in [0, 0.1) is 5.92 Å². The van der Waals surface area contributed by atoms with Crippen LogP contribution in [0.25, 0.3) is 0 Å². The third-order valence-electron chi connectivity index (χ3n) is 3.76. The second-order valence-corrected chi connectivity index (χ2v) is 6.57. The van der Waals surface area contributed by atoms with Gasteiger partial charge >= 0.3 is 5.97 Å². The zero-order valence-electron chi connectivity index (χ0n) is 16.4. The highest BCUT2D eigenvalue weighted by Crippen LogP contribution is 2.06. The van der Waals surface area contributed by atoms with Crippen LogP contribution in [0.4, 0.5) is 0 Å². The molecule has 12 heteroatoms. The van der Waals surface area contributed by atoms with Crippen LogP contribution in [-0.2, 0) is 19.2 Å². The summed E-state index contributed by atoms with van der Waals surface area (Å²) in [6.45, 7) is 4.66. The summed E-state index contributed by atoms with van der Waals surface area (Å²) in [5.74, 6) is -3.37. The Morgan fingerprint density at radius 3 is 2.07 bits per heavy atom. The molecule has 0 aromatic carbocycles. The van der Waals surface area contributed by atoms with E-state index in [9.17, 15) is 19.2 Å². The molecule has 160 valence electrons. The standard InChI is InChI=1S/C16H31N7O5/c1-8(2)12(14(26)21-9(3)15(27)28)23-13(25)10(22-11(24)7-17)5-4-6-20-16(18)19/h8-10,12H,4-7,17H2,1-3H3,(H,21,26)(H,22,24)(H,23,25)(H,27,28)(H4,18,19,20). The van der Waals surface area contributed by atoms with E-state index in [1.165, 1.54) is 6.92 Å². The summed E-state index contributed by atoms with van der Waals surface area (Å²) in [4.78, 5) is 51.3. The Balaban J connectivity index is 5.12. The molecule has 0 spiro atoms. The summed E-state index contributed by atoms with van der Waals surface area (Å²) in [6, 6.07) is -3.04. The zero-order valence-corrected chi connectivity index (χ0v) is 16.4. The fraction of sp³-hybridized carbons (Fsp3) is 0.688. The molecule has 0 aromatic heterocycles. The van der Waals surface area contributed by atoms with Crippen LogP contribution in [0.3, 0.4) is 0 Å². The Hall–Kier alpha value is -2.89. The summed E-state index contributed by atoms with van der Waals surface area (Å²) < 4.78 is 0. The van der Waals surface area contributed by atoms with E-state index < -0.39 is 41.8 Å². The van der Waals surface area contributed by atoms with Crippen molar-refractivity contribution in [2.45, 2.75) is 51.7 Å². The number of hydrogen-bond acceptors (Lipinski definition) is 6. The van der Waals surface area contributed by atoms with Crippen LogP contribution in [0.1, 0.15) is 33.6 Å². The first-order valence-electron chi connectivity index (χ1n) is 8.87. The summed E-state index contributed by atoms with van der Waals surface area (Å²) in [5, 5.41) is 16.3. The largest absolute Gasteiger partial charge is 0.480 e. The fourth-order valence-corrected chi connectivity index (χ4v) is 2.18. The summed E-state index contributed by atoms with van der Waals surface area (Å²) in [6.07, 6.45) is 0.613. The Morgan fingerprint density at radius 1 is 1.00 bits per heavy atom. The lowest BCUT2D eigenvalue weighted by Gasteiger charge is -2.26. The zero-order chi connectivity index (χ0) is 21.9. The highest BCUT2D eigenvalue weighted by molar-refractivity contribution is 5.93. The maximum atomic E-state index is 12.6. The van der Waals surface area contributed by atoms with Crippen molar-refractivity contribution in [3.63, 3.8) is 0 Å². The third kappa shape index (κ3) is 9.71. The number of carboxylic acids is 1. The molecule has 3 amide bonds. The van der Waals surface area contributed by atoms with Crippen molar-refractivity contribution in [2.24, 2.45) is 28.1 Å². The molecule has 0 rings (SSSR count). The molecule has 0 aromatic rings. The summed E-state index contributed by atoms with van der Waals surface area (Å²) in [5.41, 5.74) is 15.8. The molecule has 0 aliphatic heterocycles. The van der Waals surface area contributed by atoms with Gasteiger partial charge in [-0.25, -0.2) is 0 Å². The van der Waals surface area contributed by atoms with Gasteiger partial charge in [-0.05, 0) is 25.7 Å². The highest BCUT2D eigenvalue weighted by Gasteiger charge is 2.29. The molecule has 0 saturated carbocycles. The van der Waals surface area contributed by atoms with Crippen LogP contribution < -0.4 is 33.2 Å². The number of carbonyl (C=O) groups is 4. The van der Waals surface area contributed by atoms with Crippen molar-refractivity contribution < 1.29 is 24.3 Å². The molecule has 0 aliphatic rings. The average molecular weight is 401 g/mol. The number of nitrogens with two attached hydrogens (primary N) is 3. The van der Waals surface area contributed by atoms with Crippen molar-refractivity contribution >= 4 is 29.7 Å². The molecule has 28 heavy (non-hydrogen) atoms. The van der Waals surface area contributed by atoms with Crippen molar-refractivity contribution in [1.82, 2.24) is 16.0 Å². The predicted octanol–water partition coefficient (Wildman–Crippen LogP) is -2.79. The third-order valence-corrected chi connectivity index (χ3v) is 3.76. The number of nitrogens with one attached hydrogen (secondary N) is 3. The number of carboxylic acid groups (broad SMARTS) is 1. The van der Waals surface area contributed by atoms with Gasteiger partial charge in [-0.1, -0.05) is 13.8 Å². The van der Waals surface area contributed by atoms with Gasteiger partial charge in [0, 0.05) is 6.54 Å². The fourth-order valence-electron chi connectivity index (χ4n) is 2.18. The second kappa shape index (κ2) is 12.5. The molecule has 12 nitrogen and oxygen atoms in total. The average Bonchev–Trinajstić information content (AvgIpc) is 2.60. The lowest BCUT2D eigenvalue weighted by atomic mass is 10.0. The van der Waals surface area contributed by atoms with E-state index in [0.29, 0.717) is 6.42 Å². The Labute approximate surface area is 163 Å². The first kappa shape index (κ1) is 25.1.